The molecule has 1 N–H and O–H groups in total. The molecule has 8 nitrogen and oxygen atoms in total. The van der Waals surface area contributed by atoms with Crippen LogP contribution < -0.4 is 14.4 Å². The topological polar surface area (TPSA) is 96.0 Å². The van der Waals surface area contributed by atoms with Crippen molar-refractivity contribution < 1.29 is 22.7 Å². The summed E-state index contributed by atoms with van der Waals surface area (Å²) in [7, 11) is -4.20. The summed E-state index contributed by atoms with van der Waals surface area (Å²) >= 11 is 14.1. The summed E-state index contributed by atoms with van der Waals surface area (Å²) in [6, 6.07) is 17.1. The molecular formula is C33H39Cl2N3O5S2. The molecule has 0 aromatic heterocycles. The summed E-state index contributed by atoms with van der Waals surface area (Å²) < 4.78 is 34.9. The van der Waals surface area contributed by atoms with Gasteiger partial charge in [0.1, 0.15) is 18.3 Å². The molecule has 3 aromatic rings. The molecule has 242 valence electrons. The first-order valence-corrected chi connectivity index (χ1v) is 18.4. The van der Waals surface area contributed by atoms with E-state index in [0.717, 1.165) is 41.3 Å². The van der Waals surface area contributed by atoms with Crippen LogP contribution in [-0.4, -0.2) is 56.6 Å². The minimum Gasteiger partial charge on any atom is -0.494 e. The maximum Gasteiger partial charge on any atom is 0.264 e. The number of halogens is 2. The van der Waals surface area contributed by atoms with E-state index in [1.54, 1.807) is 61.5 Å². The van der Waals surface area contributed by atoms with Crippen molar-refractivity contribution in [1.29, 1.82) is 0 Å². The standard InChI is InChI=1S/C33H39Cl2N3O5S2/c1-4-43-28-14-12-27(13-15-28)38(45(41,42)30-18-16-29(44-3)17-19-30)22-32(39)37(21-24-10-11-25(34)20-31(24)35)23(2)33(40)36-26-8-6-5-7-9-26/h10-20,23,26H,4-9,21-22H2,1-3H3,(H,36,40). The molecule has 1 saturated carbocycles. The number of nitrogens with one attached hydrogen (secondary N) is 1. The van der Waals surface area contributed by atoms with Gasteiger partial charge in [-0.05, 0) is 99.2 Å². The van der Waals surface area contributed by atoms with Crippen LogP contribution in [0.25, 0.3) is 0 Å². The van der Waals surface area contributed by atoms with Crippen molar-refractivity contribution >= 4 is 62.5 Å². The second-order valence-electron chi connectivity index (χ2n) is 10.9. The van der Waals surface area contributed by atoms with Crippen LogP contribution in [0.2, 0.25) is 10.0 Å². The van der Waals surface area contributed by atoms with Gasteiger partial charge in [0, 0.05) is 27.5 Å². The van der Waals surface area contributed by atoms with E-state index in [4.69, 9.17) is 27.9 Å². The summed E-state index contributed by atoms with van der Waals surface area (Å²) in [6.45, 7) is 3.39. The van der Waals surface area contributed by atoms with E-state index < -0.39 is 28.5 Å². The average Bonchev–Trinajstić information content (AvgIpc) is 3.04. The molecular weight excluding hydrogens is 653 g/mol. The number of nitrogens with zero attached hydrogens (tertiary/aromatic N) is 2. The van der Waals surface area contributed by atoms with Crippen LogP contribution in [0, 0.1) is 0 Å². The summed E-state index contributed by atoms with van der Waals surface area (Å²) in [5.74, 6) is -0.296. The minimum atomic E-state index is -4.20. The van der Waals surface area contributed by atoms with Gasteiger partial charge in [-0.3, -0.25) is 13.9 Å². The Morgan fingerprint density at radius 3 is 2.27 bits per heavy atom. The molecule has 1 unspecified atom stereocenters. The number of hydrogen-bond donors (Lipinski definition) is 1. The maximum atomic E-state index is 14.2. The number of benzene rings is 3. The number of anilines is 1. The third-order valence-electron chi connectivity index (χ3n) is 7.84. The van der Waals surface area contributed by atoms with E-state index in [1.807, 2.05) is 13.2 Å². The lowest BCUT2D eigenvalue weighted by Crippen LogP contribution is -2.53. The molecule has 1 atom stereocenters. The molecule has 2 amide bonds. The second-order valence-corrected chi connectivity index (χ2v) is 14.5. The predicted molar refractivity (Wildman–Crippen MR) is 182 cm³/mol. The van der Waals surface area contributed by atoms with Crippen molar-refractivity contribution in [2.75, 3.05) is 23.7 Å². The molecule has 0 spiro atoms. The largest absolute Gasteiger partial charge is 0.494 e. The van der Waals surface area contributed by atoms with Crippen molar-refractivity contribution in [2.24, 2.45) is 0 Å². The fourth-order valence-corrected chi connectivity index (χ4v) is 7.55. The van der Waals surface area contributed by atoms with Crippen LogP contribution in [-0.2, 0) is 26.2 Å². The summed E-state index contributed by atoms with van der Waals surface area (Å²) in [4.78, 5) is 30.1. The fraction of sp³-hybridized carbons (Fsp3) is 0.394. The normalized spacial score (nSPS) is 14.4. The number of ether oxygens (including phenoxy) is 1. The van der Waals surface area contributed by atoms with Gasteiger partial charge in [-0.15, -0.1) is 11.8 Å². The highest BCUT2D eigenvalue weighted by Gasteiger charge is 2.33. The maximum absolute atomic E-state index is 14.2. The molecule has 0 bridgehead atoms. The number of rotatable bonds is 13. The van der Waals surface area contributed by atoms with Crippen LogP contribution in [0.1, 0.15) is 51.5 Å². The lowest BCUT2D eigenvalue weighted by atomic mass is 9.95. The van der Waals surface area contributed by atoms with Crippen molar-refractivity contribution in [3.63, 3.8) is 0 Å². The Morgan fingerprint density at radius 2 is 1.67 bits per heavy atom. The Kier molecular flexibility index (Phi) is 12.5. The molecule has 1 aliphatic carbocycles. The van der Waals surface area contributed by atoms with Crippen molar-refractivity contribution in [3.05, 3.63) is 82.3 Å². The van der Waals surface area contributed by atoms with E-state index >= 15 is 0 Å². The average molecular weight is 693 g/mol. The van der Waals surface area contributed by atoms with Gasteiger partial charge < -0.3 is 15.0 Å². The zero-order valence-electron chi connectivity index (χ0n) is 25.7. The highest BCUT2D eigenvalue weighted by Crippen LogP contribution is 2.29. The smallest absolute Gasteiger partial charge is 0.264 e. The molecule has 4 rings (SSSR count). The Labute approximate surface area is 280 Å². The molecule has 0 heterocycles. The number of carbonyl (C=O) groups is 2. The predicted octanol–water partition coefficient (Wildman–Crippen LogP) is 7.18. The van der Waals surface area contributed by atoms with E-state index in [0.29, 0.717) is 28.0 Å². The molecule has 3 aromatic carbocycles. The number of thioether (sulfide) groups is 1. The quantitative estimate of drug-likeness (QED) is 0.191. The summed E-state index contributed by atoms with van der Waals surface area (Å²) in [5, 5.41) is 3.87. The van der Waals surface area contributed by atoms with Crippen molar-refractivity contribution in [3.8, 4) is 5.75 Å². The molecule has 0 saturated heterocycles. The third-order valence-corrected chi connectivity index (χ3v) is 11.0. The van der Waals surface area contributed by atoms with E-state index in [9.17, 15) is 18.0 Å². The SMILES string of the molecule is CCOc1ccc(N(CC(=O)N(Cc2ccc(Cl)cc2Cl)C(C)C(=O)NC2CCCCC2)S(=O)(=O)c2ccc(SC)cc2)cc1. The number of carbonyl (C=O) groups excluding carboxylic acids is 2. The van der Waals surface area contributed by atoms with Crippen LogP contribution in [0.4, 0.5) is 5.69 Å². The summed E-state index contributed by atoms with van der Waals surface area (Å²) in [6.07, 6.45) is 6.88. The van der Waals surface area contributed by atoms with Crippen molar-refractivity contribution in [2.45, 2.75) is 74.4 Å². The van der Waals surface area contributed by atoms with Crippen LogP contribution in [0.15, 0.2) is 76.5 Å². The van der Waals surface area contributed by atoms with Crippen molar-refractivity contribution in [1.82, 2.24) is 10.2 Å². The van der Waals surface area contributed by atoms with Crippen LogP contribution in [0.3, 0.4) is 0 Å². The Morgan fingerprint density at radius 1 is 1.00 bits per heavy atom. The molecule has 1 fully saturated rings. The van der Waals surface area contributed by atoms with E-state index in [2.05, 4.69) is 5.32 Å². The highest BCUT2D eigenvalue weighted by molar-refractivity contribution is 7.98. The number of hydrogen-bond acceptors (Lipinski definition) is 6. The lowest BCUT2D eigenvalue weighted by Gasteiger charge is -2.33. The first kappa shape index (κ1) is 34.9. The van der Waals surface area contributed by atoms with E-state index in [1.165, 1.54) is 28.8 Å². The second kappa shape index (κ2) is 16.1. The number of amides is 2. The monoisotopic (exact) mass is 691 g/mol. The van der Waals surface area contributed by atoms with Crippen LogP contribution >= 0.6 is 35.0 Å². The van der Waals surface area contributed by atoms with Gasteiger partial charge in [0.2, 0.25) is 11.8 Å². The minimum absolute atomic E-state index is 0.0202. The molecule has 0 radical (unpaired) electrons. The highest BCUT2D eigenvalue weighted by atomic mass is 35.5. The Balaban J connectivity index is 1.70. The summed E-state index contributed by atoms with van der Waals surface area (Å²) in [5.41, 5.74) is 0.861. The van der Waals surface area contributed by atoms with Gasteiger partial charge in [0.05, 0.1) is 17.2 Å². The zero-order chi connectivity index (χ0) is 32.6. The third kappa shape index (κ3) is 9.09. The van der Waals surface area contributed by atoms with Gasteiger partial charge >= 0.3 is 0 Å². The molecule has 45 heavy (non-hydrogen) atoms. The van der Waals surface area contributed by atoms with Crippen LogP contribution in [0.5, 0.6) is 5.75 Å². The van der Waals surface area contributed by atoms with Gasteiger partial charge in [-0.25, -0.2) is 8.42 Å². The Hall–Kier alpha value is -2.92. The first-order valence-electron chi connectivity index (χ1n) is 15.0. The Bertz CT molecular complexity index is 1560. The first-order chi connectivity index (χ1) is 21.5. The van der Waals surface area contributed by atoms with Gasteiger partial charge in [-0.2, -0.15) is 0 Å². The molecule has 1 aliphatic rings. The van der Waals surface area contributed by atoms with Gasteiger partial charge in [0.25, 0.3) is 10.0 Å². The van der Waals surface area contributed by atoms with E-state index in [-0.39, 0.29) is 29.1 Å². The zero-order valence-corrected chi connectivity index (χ0v) is 28.8. The lowest BCUT2D eigenvalue weighted by molar-refractivity contribution is -0.139. The molecule has 0 aliphatic heterocycles. The van der Waals surface area contributed by atoms with Gasteiger partial charge in [0.15, 0.2) is 0 Å². The molecule has 12 heteroatoms. The number of sulfonamides is 1. The fourth-order valence-electron chi connectivity index (χ4n) is 5.26. The van der Waals surface area contributed by atoms with Gasteiger partial charge in [-0.1, -0.05) is 48.5 Å².